The van der Waals surface area contributed by atoms with Crippen LogP contribution >= 0.6 is 0 Å². The molecule has 2 amide bonds. The Kier molecular flexibility index (Phi) is 5.91. The van der Waals surface area contributed by atoms with Crippen molar-refractivity contribution in [3.63, 3.8) is 0 Å². The summed E-state index contributed by atoms with van der Waals surface area (Å²) in [4.78, 5) is 27.2. The molecule has 8 nitrogen and oxygen atoms in total. The van der Waals surface area contributed by atoms with E-state index in [1.54, 1.807) is 30.6 Å². The average molecular weight is 380 g/mol. The van der Waals surface area contributed by atoms with Gasteiger partial charge in [0.05, 0.1) is 27.0 Å². The van der Waals surface area contributed by atoms with Crippen LogP contribution in [0, 0.1) is 0 Å². The number of methoxy groups -OCH3 is 2. The second-order valence-electron chi connectivity index (χ2n) is 5.84. The van der Waals surface area contributed by atoms with E-state index >= 15 is 0 Å². The van der Waals surface area contributed by atoms with E-state index in [4.69, 9.17) is 9.47 Å². The Labute approximate surface area is 161 Å². The van der Waals surface area contributed by atoms with Gasteiger partial charge in [0, 0.05) is 28.2 Å². The van der Waals surface area contributed by atoms with Crippen molar-refractivity contribution in [2.24, 2.45) is 5.10 Å². The summed E-state index contributed by atoms with van der Waals surface area (Å²) in [5, 5.41) is 7.47. The van der Waals surface area contributed by atoms with Crippen LogP contribution in [-0.2, 0) is 4.79 Å². The number of hydrazone groups is 1. The molecule has 0 unspecified atom stereocenters. The first-order valence-electron chi connectivity index (χ1n) is 8.50. The van der Waals surface area contributed by atoms with Gasteiger partial charge in [-0.15, -0.1) is 0 Å². The molecular formula is C20H20N4O4. The minimum absolute atomic E-state index is 0.210. The van der Waals surface area contributed by atoms with Crippen molar-refractivity contribution in [1.29, 1.82) is 0 Å². The van der Waals surface area contributed by atoms with Gasteiger partial charge in [0.25, 0.3) is 11.8 Å². The molecule has 3 rings (SSSR count). The minimum Gasteiger partial charge on any atom is -0.493 e. The fourth-order valence-electron chi connectivity index (χ4n) is 2.65. The lowest BCUT2D eigenvalue weighted by Gasteiger charge is -2.09. The number of carbonyl (C=O) groups is 2. The highest BCUT2D eigenvalue weighted by Crippen LogP contribution is 2.27. The standard InChI is InChI=1S/C20H20N4O4/c1-27-17-8-7-13(9-18(17)28-2)20(26)22-12-19(25)24-23-11-14-10-21-16-6-4-3-5-15(14)16/h3-11,21H,12H2,1-2H3,(H,22,26)(H,24,25)/b23-11+. The first-order valence-corrected chi connectivity index (χ1v) is 8.50. The van der Waals surface area contributed by atoms with Gasteiger partial charge in [-0.3, -0.25) is 9.59 Å². The summed E-state index contributed by atoms with van der Waals surface area (Å²) in [6.45, 7) is -0.210. The van der Waals surface area contributed by atoms with Gasteiger partial charge in [0.15, 0.2) is 11.5 Å². The highest BCUT2D eigenvalue weighted by molar-refractivity contribution is 5.99. The van der Waals surface area contributed by atoms with Crippen LogP contribution in [0.5, 0.6) is 11.5 Å². The number of nitrogens with one attached hydrogen (secondary N) is 3. The van der Waals surface area contributed by atoms with Crippen molar-refractivity contribution in [3.05, 3.63) is 59.8 Å². The van der Waals surface area contributed by atoms with E-state index in [1.165, 1.54) is 14.2 Å². The molecule has 1 heterocycles. The van der Waals surface area contributed by atoms with E-state index in [0.29, 0.717) is 17.1 Å². The van der Waals surface area contributed by atoms with Crippen molar-refractivity contribution in [3.8, 4) is 11.5 Å². The van der Waals surface area contributed by atoms with Crippen LogP contribution in [0.1, 0.15) is 15.9 Å². The van der Waals surface area contributed by atoms with E-state index in [9.17, 15) is 9.59 Å². The molecule has 0 fully saturated rings. The summed E-state index contributed by atoms with van der Waals surface area (Å²) < 4.78 is 10.3. The van der Waals surface area contributed by atoms with E-state index in [-0.39, 0.29) is 6.54 Å². The van der Waals surface area contributed by atoms with Crippen LogP contribution in [0.4, 0.5) is 0 Å². The third-order valence-corrected chi connectivity index (χ3v) is 4.07. The van der Waals surface area contributed by atoms with E-state index in [0.717, 1.165) is 16.5 Å². The molecule has 1 aromatic heterocycles. The van der Waals surface area contributed by atoms with Crippen molar-refractivity contribution >= 4 is 28.9 Å². The summed E-state index contributed by atoms with van der Waals surface area (Å²) in [5.41, 5.74) is 4.58. The Balaban J connectivity index is 1.53. The Bertz CT molecular complexity index is 1030. The molecule has 0 saturated heterocycles. The number of amides is 2. The number of carbonyl (C=O) groups excluding carboxylic acids is 2. The fourth-order valence-corrected chi connectivity index (χ4v) is 2.65. The van der Waals surface area contributed by atoms with Gasteiger partial charge in [0.2, 0.25) is 0 Å². The summed E-state index contributed by atoms with van der Waals surface area (Å²) in [7, 11) is 3.00. The van der Waals surface area contributed by atoms with Crippen molar-refractivity contribution in [2.75, 3.05) is 20.8 Å². The molecule has 2 aromatic carbocycles. The maximum absolute atomic E-state index is 12.2. The number of rotatable bonds is 7. The van der Waals surface area contributed by atoms with Gasteiger partial charge >= 0.3 is 0 Å². The molecule has 0 aliphatic carbocycles. The third kappa shape index (κ3) is 4.29. The second-order valence-corrected chi connectivity index (χ2v) is 5.84. The lowest BCUT2D eigenvalue weighted by Crippen LogP contribution is -2.34. The number of aromatic amines is 1. The highest BCUT2D eigenvalue weighted by atomic mass is 16.5. The Morgan fingerprint density at radius 1 is 1.11 bits per heavy atom. The number of aromatic nitrogens is 1. The average Bonchev–Trinajstić information content (AvgIpc) is 3.14. The summed E-state index contributed by atoms with van der Waals surface area (Å²) in [6.07, 6.45) is 3.35. The van der Waals surface area contributed by atoms with Gasteiger partial charge in [0.1, 0.15) is 0 Å². The molecule has 0 spiro atoms. The molecule has 0 bridgehead atoms. The smallest absolute Gasteiger partial charge is 0.259 e. The van der Waals surface area contributed by atoms with Gasteiger partial charge in [-0.05, 0) is 24.3 Å². The highest BCUT2D eigenvalue weighted by Gasteiger charge is 2.11. The van der Waals surface area contributed by atoms with E-state index < -0.39 is 11.8 Å². The number of para-hydroxylation sites is 1. The van der Waals surface area contributed by atoms with Crippen molar-refractivity contribution < 1.29 is 19.1 Å². The summed E-state index contributed by atoms with van der Waals surface area (Å²) in [6, 6.07) is 12.5. The molecule has 0 atom stereocenters. The van der Waals surface area contributed by atoms with Gasteiger partial charge < -0.3 is 19.8 Å². The van der Waals surface area contributed by atoms with Gasteiger partial charge in [-0.25, -0.2) is 5.43 Å². The minimum atomic E-state index is -0.440. The predicted molar refractivity (Wildman–Crippen MR) is 106 cm³/mol. The number of benzene rings is 2. The molecule has 0 radical (unpaired) electrons. The van der Waals surface area contributed by atoms with Crippen LogP contribution < -0.4 is 20.2 Å². The Morgan fingerprint density at radius 2 is 1.89 bits per heavy atom. The van der Waals surface area contributed by atoms with Gasteiger partial charge in [-0.2, -0.15) is 5.10 Å². The number of ether oxygens (including phenoxy) is 2. The third-order valence-electron chi connectivity index (χ3n) is 4.07. The zero-order valence-corrected chi connectivity index (χ0v) is 15.5. The quantitative estimate of drug-likeness (QED) is 0.431. The first kappa shape index (κ1) is 19.0. The van der Waals surface area contributed by atoms with Crippen molar-refractivity contribution in [1.82, 2.24) is 15.7 Å². The predicted octanol–water partition coefficient (Wildman–Crippen LogP) is 2.07. The second kappa shape index (κ2) is 8.72. The SMILES string of the molecule is COc1ccc(C(=O)NCC(=O)N/N=C/c2c[nH]c3ccccc23)cc1OC. The molecule has 3 N–H and O–H groups in total. The molecule has 0 aliphatic heterocycles. The largest absolute Gasteiger partial charge is 0.493 e. The maximum Gasteiger partial charge on any atom is 0.259 e. The monoisotopic (exact) mass is 380 g/mol. The zero-order chi connectivity index (χ0) is 19.9. The fraction of sp³-hybridized carbons (Fsp3) is 0.150. The van der Waals surface area contributed by atoms with Crippen LogP contribution in [0.2, 0.25) is 0 Å². The molecule has 8 heteroatoms. The van der Waals surface area contributed by atoms with Crippen LogP contribution in [0.3, 0.4) is 0 Å². The van der Waals surface area contributed by atoms with Crippen LogP contribution in [0.25, 0.3) is 10.9 Å². The Hall–Kier alpha value is -3.81. The van der Waals surface area contributed by atoms with Crippen LogP contribution in [-0.4, -0.2) is 43.8 Å². The number of nitrogens with zero attached hydrogens (tertiary/aromatic N) is 1. The van der Waals surface area contributed by atoms with Gasteiger partial charge in [-0.1, -0.05) is 18.2 Å². The molecule has 0 saturated carbocycles. The number of hydrogen-bond acceptors (Lipinski definition) is 5. The molecule has 3 aromatic rings. The number of H-pyrrole nitrogens is 1. The molecule has 0 aliphatic rings. The summed E-state index contributed by atoms with van der Waals surface area (Å²) >= 11 is 0. The van der Waals surface area contributed by atoms with Crippen molar-refractivity contribution in [2.45, 2.75) is 0 Å². The lowest BCUT2D eigenvalue weighted by molar-refractivity contribution is -0.120. The first-order chi connectivity index (χ1) is 13.6. The number of fused-ring (bicyclic) bond motifs is 1. The summed E-state index contributed by atoms with van der Waals surface area (Å²) in [5.74, 6) is 0.105. The molecule has 28 heavy (non-hydrogen) atoms. The zero-order valence-electron chi connectivity index (χ0n) is 15.5. The van der Waals surface area contributed by atoms with E-state index in [1.807, 2.05) is 24.3 Å². The number of hydrogen-bond donors (Lipinski definition) is 3. The normalized spacial score (nSPS) is 10.8. The Morgan fingerprint density at radius 3 is 2.68 bits per heavy atom. The van der Waals surface area contributed by atoms with E-state index in [2.05, 4.69) is 20.8 Å². The molecule has 144 valence electrons. The molecular weight excluding hydrogens is 360 g/mol. The maximum atomic E-state index is 12.2. The lowest BCUT2D eigenvalue weighted by atomic mass is 10.2. The van der Waals surface area contributed by atoms with Crippen LogP contribution in [0.15, 0.2) is 53.8 Å². The topological polar surface area (TPSA) is 105 Å².